The molecule has 0 spiro atoms. The Morgan fingerprint density at radius 3 is 2.90 bits per heavy atom. The Balaban J connectivity index is 1.79. The van der Waals surface area contributed by atoms with Gasteiger partial charge in [0.1, 0.15) is 5.01 Å². The third kappa shape index (κ3) is 3.08. The topological polar surface area (TPSA) is 28.2 Å². The van der Waals surface area contributed by atoms with Crippen molar-refractivity contribution in [1.82, 2.24) is 15.2 Å². The van der Waals surface area contributed by atoms with Gasteiger partial charge in [0, 0.05) is 36.8 Å². The normalized spacial score (nSPS) is 23.9. The molecule has 0 amide bonds. The molecular formula is C16H21N3S. The number of aromatic nitrogens is 1. The number of thiazole rings is 1. The molecule has 1 aromatic heterocycles. The summed E-state index contributed by atoms with van der Waals surface area (Å²) in [7, 11) is 0. The Bertz CT molecular complexity index is 512. The van der Waals surface area contributed by atoms with Crippen LogP contribution in [0, 0.1) is 0 Å². The second-order valence-corrected chi connectivity index (χ2v) is 6.27. The van der Waals surface area contributed by atoms with Crippen LogP contribution in [0.15, 0.2) is 41.9 Å². The zero-order chi connectivity index (χ0) is 13.8. The molecule has 0 bridgehead atoms. The smallest absolute Gasteiger partial charge is 0.107 e. The molecule has 1 aromatic carbocycles. The predicted molar refractivity (Wildman–Crippen MR) is 83.8 cm³/mol. The van der Waals surface area contributed by atoms with E-state index in [1.807, 2.05) is 6.20 Å². The lowest BCUT2D eigenvalue weighted by atomic mass is 10.0. The molecule has 1 aliphatic rings. The van der Waals surface area contributed by atoms with Gasteiger partial charge in [0.25, 0.3) is 0 Å². The Morgan fingerprint density at radius 2 is 2.20 bits per heavy atom. The first-order chi connectivity index (χ1) is 9.86. The fourth-order valence-electron chi connectivity index (χ4n) is 2.84. The molecule has 0 radical (unpaired) electrons. The highest BCUT2D eigenvalue weighted by molar-refractivity contribution is 7.09. The summed E-state index contributed by atoms with van der Waals surface area (Å²) in [6.45, 7) is 5.32. The van der Waals surface area contributed by atoms with Gasteiger partial charge in [0.2, 0.25) is 0 Å². The van der Waals surface area contributed by atoms with Crippen LogP contribution in [0.2, 0.25) is 0 Å². The van der Waals surface area contributed by atoms with Crippen molar-refractivity contribution in [3.05, 3.63) is 52.5 Å². The third-order valence-corrected chi connectivity index (χ3v) is 4.76. The zero-order valence-corrected chi connectivity index (χ0v) is 12.6. The molecule has 106 valence electrons. The Hall–Kier alpha value is -1.23. The van der Waals surface area contributed by atoms with Crippen molar-refractivity contribution >= 4 is 11.3 Å². The summed E-state index contributed by atoms with van der Waals surface area (Å²) in [5.41, 5.74) is 1.39. The van der Waals surface area contributed by atoms with E-state index >= 15 is 0 Å². The van der Waals surface area contributed by atoms with Crippen LogP contribution in [-0.4, -0.2) is 29.0 Å². The molecule has 1 aliphatic heterocycles. The van der Waals surface area contributed by atoms with Crippen LogP contribution < -0.4 is 5.32 Å². The number of piperazine rings is 1. The van der Waals surface area contributed by atoms with Crippen LogP contribution in [-0.2, 0) is 6.54 Å². The second-order valence-electron chi connectivity index (χ2n) is 5.30. The van der Waals surface area contributed by atoms with Crippen LogP contribution in [0.3, 0.4) is 0 Å². The van der Waals surface area contributed by atoms with Crippen molar-refractivity contribution in [2.24, 2.45) is 0 Å². The van der Waals surface area contributed by atoms with E-state index in [-0.39, 0.29) is 0 Å². The van der Waals surface area contributed by atoms with E-state index in [1.54, 1.807) is 11.3 Å². The molecule has 2 unspecified atom stereocenters. The molecule has 20 heavy (non-hydrogen) atoms. The van der Waals surface area contributed by atoms with E-state index in [0.29, 0.717) is 12.1 Å². The van der Waals surface area contributed by atoms with Gasteiger partial charge in [0.15, 0.2) is 0 Å². The van der Waals surface area contributed by atoms with E-state index < -0.39 is 0 Å². The minimum atomic E-state index is 0.447. The monoisotopic (exact) mass is 287 g/mol. The lowest BCUT2D eigenvalue weighted by Crippen LogP contribution is -2.51. The van der Waals surface area contributed by atoms with Crippen LogP contribution in [0.1, 0.15) is 30.0 Å². The van der Waals surface area contributed by atoms with Crippen LogP contribution >= 0.6 is 11.3 Å². The highest BCUT2D eigenvalue weighted by Gasteiger charge is 2.28. The van der Waals surface area contributed by atoms with Crippen LogP contribution in [0.5, 0.6) is 0 Å². The van der Waals surface area contributed by atoms with E-state index in [0.717, 1.165) is 19.6 Å². The average Bonchev–Trinajstić information content (AvgIpc) is 3.01. The highest BCUT2D eigenvalue weighted by atomic mass is 32.1. The largest absolute Gasteiger partial charge is 0.311 e. The second kappa shape index (κ2) is 6.48. The van der Waals surface area contributed by atoms with Crippen molar-refractivity contribution in [2.45, 2.75) is 32.0 Å². The first kappa shape index (κ1) is 13.7. The van der Waals surface area contributed by atoms with Gasteiger partial charge in [-0.15, -0.1) is 11.3 Å². The molecule has 1 saturated heterocycles. The summed E-state index contributed by atoms with van der Waals surface area (Å²) in [5, 5.41) is 6.94. The molecule has 1 fully saturated rings. The summed E-state index contributed by atoms with van der Waals surface area (Å²) in [6.07, 6.45) is 3.08. The van der Waals surface area contributed by atoms with Crippen LogP contribution in [0.4, 0.5) is 0 Å². The van der Waals surface area contributed by atoms with E-state index in [4.69, 9.17) is 0 Å². The van der Waals surface area contributed by atoms with Gasteiger partial charge in [-0.2, -0.15) is 0 Å². The van der Waals surface area contributed by atoms with E-state index in [1.165, 1.54) is 17.0 Å². The average molecular weight is 287 g/mol. The summed E-state index contributed by atoms with van der Waals surface area (Å²) in [6, 6.07) is 11.8. The van der Waals surface area contributed by atoms with E-state index in [9.17, 15) is 0 Å². The maximum absolute atomic E-state index is 4.45. The minimum absolute atomic E-state index is 0.447. The van der Waals surface area contributed by atoms with Gasteiger partial charge in [-0.05, 0) is 12.0 Å². The van der Waals surface area contributed by atoms with Crippen molar-refractivity contribution in [1.29, 1.82) is 0 Å². The Labute approximate surface area is 124 Å². The van der Waals surface area contributed by atoms with Crippen molar-refractivity contribution < 1.29 is 0 Å². The first-order valence-electron chi connectivity index (χ1n) is 7.27. The quantitative estimate of drug-likeness (QED) is 0.936. The first-order valence-corrected chi connectivity index (χ1v) is 8.15. The van der Waals surface area contributed by atoms with Crippen molar-refractivity contribution in [3.8, 4) is 0 Å². The molecule has 2 atom stereocenters. The lowest BCUT2D eigenvalue weighted by molar-refractivity contribution is 0.120. The third-order valence-electron chi connectivity index (χ3n) is 3.99. The van der Waals surface area contributed by atoms with Crippen LogP contribution in [0.25, 0.3) is 0 Å². The predicted octanol–water partition coefficient (Wildman–Crippen LogP) is 3.07. The van der Waals surface area contributed by atoms with Gasteiger partial charge in [-0.1, -0.05) is 37.3 Å². The molecule has 3 rings (SSSR count). The minimum Gasteiger partial charge on any atom is -0.311 e. The molecule has 4 heteroatoms. The van der Waals surface area contributed by atoms with Gasteiger partial charge in [-0.25, -0.2) is 4.98 Å². The fourth-order valence-corrected chi connectivity index (χ4v) is 3.48. The maximum atomic E-state index is 4.45. The molecule has 0 saturated carbocycles. The maximum Gasteiger partial charge on any atom is 0.107 e. The molecule has 3 nitrogen and oxygen atoms in total. The standard InChI is InChI=1S/C16H21N3S/c1-2-14-11-19(12-16-17-8-9-20-16)15(10-18-14)13-6-4-3-5-7-13/h3-9,14-15,18H,2,10-12H2,1H3. The number of benzene rings is 1. The van der Waals surface area contributed by atoms with E-state index in [2.05, 4.69) is 57.8 Å². The van der Waals surface area contributed by atoms with Gasteiger partial charge in [0.05, 0.1) is 6.54 Å². The fraction of sp³-hybridized carbons (Fsp3) is 0.438. The highest BCUT2D eigenvalue weighted by Crippen LogP contribution is 2.26. The number of rotatable bonds is 4. The summed E-state index contributed by atoms with van der Waals surface area (Å²) < 4.78 is 0. The summed E-state index contributed by atoms with van der Waals surface area (Å²) in [4.78, 5) is 7.01. The van der Waals surface area contributed by atoms with Gasteiger partial charge in [-0.3, -0.25) is 4.90 Å². The lowest BCUT2D eigenvalue weighted by Gasteiger charge is -2.40. The zero-order valence-electron chi connectivity index (χ0n) is 11.8. The summed E-state index contributed by atoms with van der Waals surface area (Å²) in [5.74, 6) is 0. The molecule has 2 aromatic rings. The number of hydrogen-bond donors (Lipinski definition) is 1. The van der Waals surface area contributed by atoms with Crippen molar-refractivity contribution in [2.75, 3.05) is 13.1 Å². The molecular weight excluding hydrogens is 266 g/mol. The molecule has 0 aliphatic carbocycles. The Morgan fingerprint density at radius 1 is 1.35 bits per heavy atom. The number of hydrogen-bond acceptors (Lipinski definition) is 4. The van der Waals surface area contributed by atoms with Crippen molar-refractivity contribution in [3.63, 3.8) is 0 Å². The Kier molecular flexibility index (Phi) is 4.45. The number of nitrogens with zero attached hydrogens (tertiary/aromatic N) is 2. The SMILES string of the molecule is CCC1CN(Cc2nccs2)C(c2ccccc2)CN1. The van der Waals surface area contributed by atoms with Gasteiger partial charge < -0.3 is 5.32 Å². The van der Waals surface area contributed by atoms with Gasteiger partial charge >= 0.3 is 0 Å². The molecule has 1 N–H and O–H groups in total. The molecule has 2 heterocycles. The number of nitrogens with one attached hydrogen (secondary N) is 1. The summed E-state index contributed by atoms with van der Waals surface area (Å²) >= 11 is 1.75.